The Labute approximate surface area is 123 Å². The normalized spacial score (nSPS) is 11.4. The summed E-state index contributed by atoms with van der Waals surface area (Å²) in [5.74, 6) is 0. The van der Waals surface area contributed by atoms with E-state index in [0.29, 0.717) is 7.92 Å². The second-order valence-corrected chi connectivity index (χ2v) is 4.55. The van der Waals surface area contributed by atoms with Crippen LogP contribution in [0.2, 0.25) is 0 Å². The van der Waals surface area contributed by atoms with Gasteiger partial charge < -0.3 is 0 Å². The Morgan fingerprint density at radius 1 is 0.833 bits per heavy atom. The van der Waals surface area contributed by atoms with E-state index in [1.807, 2.05) is 0 Å². The predicted molar refractivity (Wildman–Crippen MR) is 55.7 cm³/mol. The third-order valence-corrected chi connectivity index (χ3v) is 3.26. The molecule has 0 aromatic carbocycles. The zero-order valence-electron chi connectivity index (χ0n) is 10.1. The first-order valence-electron chi connectivity index (χ1n) is 3.61. The standard InChI is InChI=1S/C6H11P.5CO.W/c1-5(2)6-4-7(6)3;5*1-2;/h4H2,1-3H3;;;;;;. The van der Waals surface area contributed by atoms with E-state index < -0.39 is 0 Å². The maximum Gasteiger partial charge on any atom is 0 e. The van der Waals surface area contributed by atoms with Gasteiger partial charge in [-0.05, 0) is 32.0 Å². The van der Waals surface area contributed by atoms with Crippen LogP contribution in [0.3, 0.4) is 0 Å². The molecule has 1 rings (SSSR count). The van der Waals surface area contributed by atoms with Crippen molar-refractivity contribution < 1.29 is 44.3 Å². The first kappa shape index (κ1) is 36.0. The molecule has 1 heterocycles. The molecule has 7 heteroatoms. The van der Waals surface area contributed by atoms with Gasteiger partial charge in [0.1, 0.15) is 0 Å². The van der Waals surface area contributed by atoms with Gasteiger partial charge >= 0.3 is 56.5 Å². The fraction of sp³-hybridized carbons (Fsp3) is 0.364. The number of allylic oxidation sites excluding steroid dienone is 2. The summed E-state index contributed by atoms with van der Waals surface area (Å²) < 4.78 is 37.5. The van der Waals surface area contributed by atoms with Gasteiger partial charge in [0.05, 0.1) is 0 Å². The minimum absolute atomic E-state index is 0. The molecule has 0 aliphatic carbocycles. The molecule has 0 amide bonds. The van der Waals surface area contributed by atoms with Gasteiger partial charge in [0.2, 0.25) is 0 Å². The van der Waals surface area contributed by atoms with Crippen molar-refractivity contribution in [3.63, 3.8) is 0 Å². The molecular weight excluding hydrogens is 427 g/mol. The van der Waals surface area contributed by atoms with Crippen molar-refractivity contribution in [3.05, 3.63) is 44.1 Å². The summed E-state index contributed by atoms with van der Waals surface area (Å²) >= 11 is 0. The fourth-order valence-corrected chi connectivity index (χ4v) is 2.61. The smallest absolute Gasteiger partial charge is 0 e. The molecule has 0 radical (unpaired) electrons. The summed E-state index contributed by atoms with van der Waals surface area (Å²) in [6, 6.07) is 0. The van der Waals surface area contributed by atoms with Crippen LogP contribution in [0.5, 0.6) is 0 Å². The summed E-state index contributed by atoms with van der Waals surface area (Å²) in [4.78, 5) is 0. The molecule has 1 unspecified atom stereocenters. The molecule has 0 N–H and O–H groups in total. The second kappa shape index (κ2) is 43.9. The van der Waals surface area contributed by atoms with Crippen molar-refractivity contribution in [3.8, 4) is 0 Å². The van der Waals surface area contributed by atoms with E-state index in [1.54, 1.807) is 10.9 Å². The minimum atomic E-state index is 0. The summed E-state index contributed by atoms with van der Waals surface area (Å²) in [6.07, 6.45) is 1.43. The molecular formula is C11H11O5PW. The number of hydrogen-bond acceptors (Lipinski definition) is 0. The van der Waals surface area contributed by atoms with E-state index >= 15 is 0 Å². The van der Waals surface area contributed by atoms with Gasteiger partial charge in [-0.3, -0.25) is 0 Å². The molecule has 1 saturated heterocycles. The van der Waals surface area contributed by atoms with Crippen molar-refractivity contribution >= 4 is 7.92 Å². The van der Waals surface area contributed by atoms with Crippen molar-refractivity contribution in [2.75, 3.05) is 12.8 Å². The molecule has 1 aliphatic rings. The Bertz CT molecular complexity index is 249. The molecule has 0 aromatic heterocycles. The van der Waals surface area contributed by atoms with Gasteiger partial charge in [-0.2, -0.15) is 0 Å². The van der Waals surface area contributed by atoms with E-state index in [4.69, 9.17) is 23.3 Å². The van der Waals surface area contributed by atoms with Crippen LogP contribution in [-0.2, 0) is 44.3 Å². The predicted octanol–water partition coefficient (Wildman–Crippen LogP) is 2.22. The third kappa shape index (κ3) is 36.1. The Morgan fingerprint density at radius 2 is 1.00 bits per heavy atom. The van der Waals surface area contributed by atoms with Crippen LogP contribution >= 0.6 is 7.92 Å². The average molecular weight is 438 g/mol. The second-order valence-electron chi connectivity index (χ2n) is 2.30. The van der Waals surface area contributed by atoms with Crippen molar-refractivity contribution in [2.45, 2.75) is 13.8 Å². The van der Waals surface area contributed by atoms with Crippen LogP contribution in [0.4, 0.5) is 0 Å². The van der Waals surface area contributed by atoms with Crippen molar-refractivity contribution in [1.82, 2.24) is 0 Å². The number of hydrogen-bond donors (Lipinski definition) is 0. The average Bonchev–Trinajstić information content (AvgIpc) is 3.19. The van der Waals surface area contributed by atoms with Crippen molar-refractivity contribution in [1.29, 1.82) is 0 Å². The quantitative estimate of drug-likeness (QED) is 0.315. The minimum Gasteiger partial charge on any atom is 0 e. The third-order valence-electron chi connectivity index (χ3n) is 1.32. The van der Waals surface area contributed by atoms with Crippen LogP contribution in [-0.4, -0.2) is 12.8 Å². The van der Waals surface area contributed by atoms with Gasteiger partial charge in [0.25, 0.3) is 0 Å². The van der Waals surface area contributed by atoms with Gasteiger partial charge in [0.15, 0.2) is 0 Å². The van der Waals surface area contributed by atoms with Crippen molar-refractivity contribution in [2.24, 2.45) is 0 Å². The molecule has 18 heavy (non-hydrogen) atoms. The first-order valence-corrected chi connectivity index (χ1v) is 5.59. The Hall–Kier alpha value is -0.442. The van der Waals surface area contributed by atoms with Gasteiger partial charge in [0, 0.05) is 21.1 Å². The molecule has 0 bridgehead atoms. The fourth-order valence-electron chi connectivity index (χ4n) is 0.729. The Morgan fingerprint density at radius 3 is 1.00 bits per heavy atom. The maximum atomic E-state index is 7.50. The molecule has 1 atom stereocenters. The van der Waals surface area contributed by atoms with E-state index in [2.05, 4.69) is 53.8 Å². The summed E-state index contributed by atoms with van der Waals surface area (Å²) in [6.45, 7) is 29.3. The van der Waals surface area contributed by atoms with Crippen LogP contribution in [0.25, 0.3) is 0 Å². The summed E-state index contributed by atoms with van der Waals surface area (Å²) in [7, 11) is 0.406. The largest absolute Gasteiger partial charge is 0 e. The van der Waals surface area contributed by atoms with Gasteiger partial charge in [-0.1, -0.05) is 13.5 Å². The molecule has 0 aromatic rings. The van der Waals surface area contributed by atoms with Gasteiger partial charge in [-0.25, -0.2) is 0 Å². The van der Waals surface area contributed by atoms with E-state index in [9.17, 15) is 0 Å². The van der Waals surface area contributed by atoms with E-state index in [-0.39, 0.29) is 21.1 Å². The maximum absolute atomic E-state index is 7.50. The Balaban J connectivity index is -0.0000000285. The zero-order chi connectivity index (χ0) is 15.4. The molecule has 96 valence electrons. The van der Waals surface area contributed by atoms with E-state index in [1.165, 1.54) is 6.16 Å². The SMILES string of the molecule is CC(C)=C1CP1C.[C-]#[O+].[C-]#[O+].[C-]#[O+].[C-]#[O+].[C-]#[O+].[W]. The zero-order valence-corrected chi connectivity index (χ0v) is 13.9. The van der Waals surface area contributed by atoms with Crippen LogP contribution in [0.1, 0.15) is 13.8 Å². The summed E-state index contributed by atoms with van der Waals surface area (Å²) in [5, 5.41) is 1.75. The monoisotopic (exact) mass is 438 g/mol. The van der Waals surface area contributed by atoms with E-state index in [0.717, 1.165) is 0 Å². The summed E-state index contributed by atoms with van der Waals surface area (Å²) in [5.41, 5.74) is 1.56. The Kier molecular flexibility index (Phi) is 87.8. The number of rotatable bonds is 0. The first-order chi connectivity index (χ1) is 8.22. The molecule has 0 spiro atoms. The van der Waals surface area contributed by atoms with Crippen LogP contribution in [0, 0.1) is 33.3 Å². The topological polar surface area (TPSA) is 99.5 Å². The van der Waals surface area contributed by atoms with Gasteiger partial charge in [-0.15, -0.1) is 0 Å². The van der Waals surface area contributed by atoms with Crippen LogP contribution < -0.4 is 0 Å². The molecule has 5 nitrogen and oxygen atoms in total. The molecule has 0 saturated carbocycles. The molecule has 1 fully saturated rings. The van der Waals surface area contributed by atoms with Crippen LogP contribution in [0.15, 0.2) is 10.9 Å². The molecule has 1 aliphatic heterocycles.